The molecule has 3 nitrogen and oxygen atoms in total. The molecule has 1 aliphatic carbocycles. The molecular weight excluding hydrogens is 209 g/mol. The maximum Gasteiger partial charge on any atom is 0.433 e. The van der Waals surface area contributed by atoms with Gasteiger partial charge in [-0.25, -0.2) is 0 Å². The number of hydrogen-bond donors (Lipinski definition) is 0. The minimum atomic E-state index is -4.44. The molecule has 1 aromatic heterocycles. The van der Waals surface area contributed by atoms with Gasteiger partial charge in [0.25, 0.3) is 0 Å². The maximum atomic E-state index is 12.5. The summed E-state index contributed by atoms with van der Waals surface area (Å²) >= 11 is 0. The van der Waals surface area contributed by atoms with Gasteiger partial charge in [-0.1, -0.05) is 0 Å². The first-order chi connectivity index (χ1) is 7.02. The Morgan fingerprint density at radius 2 is 2.20 bits per heavy atom. The van der Waals surface area contributed by atoms with E-state index in [4.69, 9.17) is 0 Å². The normalized spacial score (nSPS) is 16.7. The Labute approximate surface area is 83.9 Å². The molecule has 1 saturated carbocycles. The van der Waals surface area contributed by atoms with Crippen LogP contribution in [0.1, 0.15) is 30.1 Å². The number of rotatable bonds is 3. The minimum absolute atomic E-state index is 0.152. The van der Waals surface area contributed by atoms with E-state index in [2.05, 4.69) is 5.10 Å². The number of aromatic nitrogens is 2. The number of nitrogens with zero attached hydrogens (tertiary/aromatic N) is 2. The molecule has 0 spiro atoms. The van der Waals surface area contributed by atoms with E-state index in [1.54, 1.807) is 0 Å². The molecule has 15 heavy (non-hydrogen) atoms. The molecule has 0 aromatic carbocycles. The number of hydrogen-bond acceptors (Lipinski definition) is 2. The van der Waals surface area contributed by atoms with Gasteiger partial charge in [0.15, 0.2) is 0 Å². The maximum absolute atomic E-state index is 12.5. The van der Waals surface area contributed by atoms with Crippen LogP contribution in [0.2, 0.25) is 0 Å². The van der Waals surface area contributed by atoms with Gasteiger partial charge in [0.05, 0.1) is 12.2 Å². The van der Waals surface area contributed by atoms with Crippen molar-refractivity contribution in [3.05, 3.63) is 17.5 Å². The average Bonchev–Trinajstić information content (AvgIpc) is 2.87. The minimum Gasteiger partial charge on any atom is -0.301 e. The molecule has 0 atom stereocenters. The van der Waals surface area contributed by atoms with Crippen molar-refractivity contribution in [2.24, 2.45) is 0 Å². The van der Waals surface area contributed by atoms with Crippen LogP contribution in [0.4, 0.5) is 13.2 Å². The molecule has 82 valence electrons. The van der Waals surface area contributed by atoms with Gasteiger partial charge in [-0.2, -0.15) is 18.3 Å². The first-order valence-electron chi connectivity index (χ1n) is 4.61. The molecule has 2 rings (SSSR count). The predicted octanol–water partition coefficient (Wildman–Crippen LogP) is 1.98. The highest BCUT2D eigenvalue weighted by molar-refractivity contribution is 5.49. The first kappa shape index (κ1) is 10.2. The third-order valence-electron chi connectivity index (χ3n) is 2.33. The lowest BCUT2D eigenvalue weighted by molar-refractivity contribution is -0.144. The van der Waals surface area contributed by atoms with E-state index in [9.17, 15) is 18.0 Å². The third-order valence-corrected chi connectivity index (χ3v) is 2.33. The Balaban J connectivity index is 2.36. The van der Waals surface area contributed by atoms with Crippen LogP contribution in [0, 0.1) is 0 Å². The second kappa shape index (κ2) is 3.36. The van der Waals surface area contributed by atoms with Crippen LogP contribution in [-0.4, -0.2) is 16.1 Å². The summed E-state index contributed by atoms with van der Waals surface area (Å²) in [7, 11) is 0. The van der Waals surface area contributed by atoms with Gasteiger partial charge in [0.2, 0.25) is 0 Å². The van der Waals surface area contributed by atoms with E-state index in [0.29, 0.717) is 12.0 Å². The number of aldehydes is 1. The summed E-state index contributed by atoms with van der Waals surface area (Å²) in [5.41, 5.74) is -0.388. The lowest BCUT2D eigenvalue weighted by Gasteiger charge is -2.06. The van der Waals surface area contributed by atoms with Crippen LogP contribution >= 0.6 is 0 Å². The van der Waals surface area contributed by atoms with Crippen LogP contribution in [0.5, 0.6) is 0 Å². The zero-order valence-corrected chi connectivity index (χ0v) is 7.79. The molecule has 0 amide bonds. The molecular formula is C9H9F3N2O. The summed E-state index contributed by atoms with van der Waals surface area (Å²) in [6.45, 7) is -0.346. The van der Waals surface area contributed by atoms with Crippen LogP contribution in [0.25, 0.3) is 0 Å². The molecule has 0 unspecified atom stereocenters. The van der Waals surface area contributed by atoms with E-state index < -0.39 is 11.9 Å². The molecule has 0 N–H and O–H groups in total. The summed E-state index contributed by atoms with van der Waals surface area (Å²) in [4.78, 5) is 10.2. The van der Waals surface area contributed by atoms with Crippen LogP contribution in [0.15, 0.2) is 6.07 Å². The van der Waals surface area contributed by atoms with Crippen molar-refractivity contribution >= 4 is 6.29 Å². The number of carbonyl (C=O) groups is 1. The van der Waals surface area contributed by atoms with E-state index in [1.807, 2.05) is 0 Å². The van der Waals surface area contributed by atoms with Gasteiger partial charge >= 0.3 is 6.18 Å². The molecule has 1 heterocycles. The fourth-order valence-electron chi connectivity index (χ4n) is 1.45. The third kappa shape index (κ3) is 2.03. The predicted molar refractivity (Wildman–Crippen MR) is 45.3 cm³/mol. The van der Waals surface area contributed by atoms with Crippen LogP contribution in [-0.2, 0) is 17.5 Å². The highest BCUT2D eigenvalue weighted by Gasteiger charge is 2.38. The van der Waals surface area contributed by atoms with E-state index >= 15 is 0 Å². The second-order valence-corrected chi connectivity index (χ2v) is 3.58. The average molecular weight is 218 g/mol. The summed E-state index contributed by atoms with van der Waals surface area (Å²) in [6.07, 6.45) is -2.26. The first-order valence-corrected chi connectivity index (χ1v) is 4.61. The Morgan fingerprint density at radius 1 is 1.53 bits per heavy atom. The van der Waals surface area contributed by atoms with Crippen molar-refractivity contribution in [2.75, 3.05) is 0 Å². The lowest BCUT2D eigenvalue weighted by atomic mass is 10.2. The van der Waals surface area contributed by atoms with E-state index in [0.717, 1.165) is 23.6 Å². The molecule has 0 bridgehead atoms. The van der Waals surface area contributed by atoms with Gasteiger partial charge in [-0.15, -0.1) is 0 Å². The van der Waals surface area contributed by atoms with Crippen molar-refractivity contribution in [3.8, 4) is 0 Å². The van der Waals surface area contributed by atoms with Crippen molar-refractivity contribution in [1.29, 1.82) is 0 Å². The Hall–Kier alpha value is -1.33. The van der Waals surface area contributed by atoms with Crippen molar-refractivity contribution in [3.63, 3.8) is 0 Å². The summed E-state index contributed by atoms with van der Waals surface area (Å²) in [5, 5.41) is 3.79. The quantitative estimate of drug-likeness (QED) is 0.727. The van der Waals surface area contributed by atoms with Gasteiger partial charge in [0.1, 0.15) is 12.0 Å². The van der Waals surface area contributed by atoms with Crippen LogP contribution in [0.3, 0.4) is 0 Å². The van der Waals surface area contributed by atoms with E-state index in [-0.39, 0.29) is 12.5 Å². The monoisotopic (exact) mass is 218 g/mol. The molecule has 0 radical (unpaired) electrons. The highest BCUT2D eigenvalue weighted by Crippen LogP contribution is 2.41. The second-order valence-electron chi connectivity index (χ2n) is 3.58. The number of alkyl halides is 3. The molecule has 1 aliphatic rings. The van der Waals surface area contributed by atoms with Crippen LogP contribution < -0.4 is 0 Å². The summed E-state index contributed by atoms with van der Waals surface area (Å²) in [6, 6.07) is 1.04. The Bertz CT molecular complexity index is 379. The summed E-state index contributed by atoms with van der Waals surface area (Å²) < 4.78 is 38.2. The van der Waals surface area contributed by atoms with Gasteiger partial charge in [-0.05, 0) is 18.9 Å². The molecule has 1 fully saturated rings. The van der Waals surface area contributed by atoms with E-state index in [1.165, 1.54) is 0 Å². The van der Waals surface area contributed by atoms with Crippen molar-refractivity contribution in [2.45, 2.75) is 31.5 Å². The number of halogens is 3. The SMILES string of the molecule is O=CCn1nc(C2CC2)cc1C(F)(F)F. The largest absolute Gasteiger partial charge is 0.433 e. The molecule has 6 heteroatoms. The Kier molecular flexibility index (Phi) is 2.28. The van der Waals surface area contributed by atoms with Crippen molar-refractivity contribution < 1.29 is 18.0 Å². The van der Waals surface area contributed by atoms with Gasteiger partial charge < -0.3 is 4.79 Å². The molecule has 1 aromatic rings. The Morgan fingerprint density at radius 3 is 2.67 bits per heavy atom. The number of carbonyl (C=O) groups excluding carboxylic acids is 1. The molecule has 0 aliphatic heterocycles. The highest BCUT2D eigenvalue weighted by atomic mass is 19.4. The smallest absolute Gasteiger partial charge is 0.301 e. The standard InChI is InChI=1S/C9H9F3N2O/c10-9(11,12)8-5-7(6-1-2-6)13-14(8)3-4-15/h4-6H,1-3H2. The topological polar surface area (TPSA) is 34.9 Å². The van der Waals surface area contributed by atoms with Crippen molar-refractivity contribution in [1.82, 2.24) is 9.78 Å². The van der Waals surface area contributed by atoms with Gasteiger partial charge in [0, 0.05) is 5.92 Å². The zero-order chi connectivity index (χ0) is 11.1. The fraction of sp³-hybridized carbons (Fsp3) is 0.556. The zero-order valence-electron chi connectivity index (χ0n) is 7.79. The lowest BCUT2D eigenvalue weighted by Crippen LogP contribution is -2.15. The molecule has 0 saturated heterocycles. The summed E-state index contributed by atoms with van der Waals surface area (Å²) in [5.74, 6) is 0.152. The fourth-order valence-corrected chi connectivity index (χ4v) is 1.45. The van der Waals surface area contributed by atoms with Gasteiger partial charge in [-0.3, -0.25) is 4.68 Å².